The zero-order chi connectivity index (χ0) is 12.1. The lowest BCUT2D eigenvalue weighted by Gasteiger charge is -2.06. The average molecular weight is 222 g/mol. The molecule has 0 bridgehead atoms. The molecule has 82 valence electrons. The molecule has 0 saturated heterocycles. The summed E-state index contributed by atoms with van der Waals surface area (Å²) in [4.78, 5) is 21.8. The third-order valence-corrected chi connectivity index (χ3v) is 1.73. The largest absolute Gasteiger partial charge is 0.478 e. The Labute approximate surface area is 90.1 Å². The van der Waals surface area contributed by atoms with Gasteiger partial charge in [0, 0.05) is 0 Å². The van der Waals surface area contributed by atoms with Gasteiger partial charge < -0.3 is 10.4 Å². The average Bonchev–Trinajstić information content (AvgIpc) is 2.20. The number of anilines is 1. The highest BCUT2D eigenvalue weighted by Gasteiger charge is 2.13. The number of nitrogens with one attached hydrogen (secondary N) is 1. The summed E-state index contributed by atoms with van der Waals surface area (Å²) < 4.78 is 12.8. The van der Waals surface area contributed by atoms with Gasteiger partial charge in [0.1, 0.15) is 12.2 Å². The second-order valence-corrected chi connectivity index (χ2v) is 2.88. The second-order valence-electron chi connectivity index (χ2n) is 2.88. The highest BCUT2D eigenvalue weighted by molar-refractivity contribution is 6.00. The number of rotatable bonds is 3. The van der Waals surface area contributed by atoms with Crippen molar-refractivity contribution in [3.05, 3.63) is 29.6 Å². The molecule has 0 saturated carbocycles. The van der Waals surface area contributed by atoms with Gasteiger partial charge >= 0.3 is 5.97 Å². The lowest BCUT2D eigenvalue weighted by Crippen LogP contribution is -2.13. The van der Waals surface area contributed by atoms with E-state index in [1.165, 1.54) is 0 Å². The predicted molar refractivity (Wildman–Crippen MR) is 52.2 cm³/mol. The molecule has 0 aliphatic carbocycles. The summed E-state index contributed by atoms with van der Waals surface area (Å²) in [7, 11) is 0. The number of carbonyl (C=O) groups is 2. The summed E-state index contributed by atoms with van der Waals surface area (Å²) in [6.07, 6.45) is -0.392. The Kier molecular flexibility index (Phi) is 3.56. The number of carboxylic acid groups (broad SMARTS) is 1. The Hall–Kier alpha value is -2.42. The topological polar surface area (TPSA) is 90.2 Å². The molecule has 6 heteroatoms. The highest BCUT2D eigenvalue weighted by Crippen LogP contribution is 2.17. The maximum Gasteiger partial charge on any atom is 0.337 e. The first-order valence-electron chi connectivity index (χ1n) is 4.24. The summed E-state index contributed by atoms with van der Waals surface area (Å²) in [5.74, 6) is -2.71. The fourth-order valence-electron chi connectivity index (χ4n) is 1.07. The summed E-state index contributed by atoms with van der Waals surface area (Å²) in [6.45, 7) is 0. The van der Waals surface area contributed by atoms with Crippen molar-refractivity contribution in [1.82, 2.24) is 0 Å². The van der Waals surface area contributed by atoms with Crippen molar-refractivity contribution in [1.29, 1.82) is 5.26 Å². The number of carbonyl (C=O) groups excluding carboxylic acids is 1. The lowest BCUT2D eigenvalue weighted by atomic mass is 10.1. The van der Waals surface area contributed by atoms with Gasteiger partial charge in [-0.1, -0.05) is 0 Å². The van der Waals surface area contributed by atoms with Crippen LogP contribution in [0.4, 0.5) is 10.1 Å². The van der Waals surface area contributed by atoms with Gasteiger partial charge in [-0.15, -0.1) is 0 Å². The molecule has 1 aromatic carbocycles. The quantitative estimate of drug-likeness (QED) is 0.808. The Morgan fingerprint density at radius 1 is 1.50 bits per heavy atom. The van der Waals surface area contributed by atoms with Crippen LogP contribution < -0.4 is 5.32 Å². The van der Waals surface area contributed by atoms with E-state index in [-0.39, 0.29) is 11.3 Å². The standard InChI is InChI=1S/C10H7FN2O3/c11-6-1-2-8(7(5-6)10(15)16)13-9(14)3-4-12/h1-2,5H,3H2,(H,13,14)(H,15,16). The van der Waals surface area contributed by atoms with Crippen LogP contribution >= 0.6 is 0 Å². The fourth-order valence-corrected chi connectivity index (χ4v) is 1.07. The molecule has 5 nitrogen and oxygen atoms in total. The van der Waals surface area contributed by atoms with Crippen molar-refractivity contribution < 1.29 is 19.1 Å². The van der Waals surface area contributed by atoms with Crippen LogP contribution in [0.3, 0.4) is 0 Å². The molecular formula is C10H7FN2O3. The number of carboxylic acids is 1. The molecule has 1 amide bonds. The molecule has 0 unspecified atom stereocenters. The van der Waals surface area contributed by atoms with Crippen LogP contribution in [0, 0.1) is 17.1 Å². The molecule has 0 aliphatic rings. The van der Waals surface area contributed by atoms with Crippen molar-refractivity contribution in [2.75, 3.05) is 5.32 Å². The summed E-state index contributed by atoms with van der Waals surface area (Å²) in [6, 6.07) is 4.57. The van der Waals surface area contributed by atoms with Gasteiger partial charge in [-0.05, 0) is 18.2 Å². The Morgan fingerprint density at radius 2 is 2.19 bits per heavy atom. The van der Waals surface area contributed by atoms with Crippen LogP contribution in [0.25, 0.3) is 0 Å². The van der Waals surface area contributed by atoms with Crippen molar-refractivity contribution >= 4 is 17.6 Å². The third kappa shape index (κ3) is 2.78. The molecule has 1 rings (SSSR count). The van der Waals surface area contributed by atoms with Gasteiger partial charge in [0.25, 0.3) is 0 Å². The minimum atomic E-state index is -1.35. The first-order chi connectivity index (χ1) is 7.54. The minimum absolute atomic E-state index is 0.0332. The summed E-state index contributed by atoms with van der Waals surface area (Å²) in [5, 5.41) is 19.2. The Morgan fingerprint density at radius 3 is 2.75 bits per heavy atom. The SMILES string of the molecule is N#CCC(=O)Nc1ccc(F)cc1C(=O)O. The van der Waals surface area contributed by atoms with E-state index in [4.69, 9.17) is 10.4 Å². The predicted octanol–water partition coefficient (Wildman–Crippen LogP) is 1.38. The summed E-state index contributed by atoms with van der Waals surface area (Å²) in [5.41, 5.74) is -0.388. The second kappa shape index (κ2) is 4.89. The maximum absolute atomic E-state index is 12.8. The molecule has 0 spiro atoms. The van der Waals surface area contributed by atoms with Crippen molar-refractivity contribution in [3.63, 3.8) is 0 Å². The molecule has 16 heavy (non-hydrogen) atoms. The first-order valence-corrected chi connectivity index (χ1v) is 4.24. The molecule has 0 aromatic heterocycles. The molecule has 1 aromatic rings. The van der Waals surface area contributed by atoms with E-state index in [1.54, 1.807) is 6.07 Å². The van der Waals surface area contributed by atoms with E-state index in [0.29, 0.717) is 0 Å². The highest BCUT2D eigenvalue weighted by atomic mass is 19.1. The molecule has 0 heterocycles. The molecule has 2 N–H and O–H groups in total. The minimum Gasteiger partial charge on any atom is -0.478 e. The molecular weight excluding hydrogens is 215 g/mol. The smallest absolute Gasteiger partial charge is 0.337 e. The molecule has 0 aliphatic heterocycles. The van der Waals surface area contributed by atoms with E-state index in [9.17, 15) is 14.0 Å². The zero-order valence-electron chi connectivity index (χ0n) is 8.03. The number of benzene rings is 1. The molecule has 0 fully saturated rings. The van der Waals surface area contributed by atoms with Crippen LogP contribution in [0.1, 0.15) is 16.8 Å². The normalized spacial score (nSPS) is 9.25. The van der Waals surface area contributed by atoms with Crippen LogP contribution in [-0.2, 0) is 4.79 Å². The summed E-state index contributed by atoms with van der Waals surface area (Å²) >= 11 is 0. The Balaban J connectivity index is 3.00. The van der Waals surface area contributed by atoms with E-state index in [0.717, 1.165) is 18.2 Å². The molecule has 0 radical (unpaired) electrons. The van der Waals surface area contributed by atoms with Crippen molar-refractivity contribution in [3.8, 4) is 6.07 Å². The maximum atomic E-state index is 12.8. The van der Waals surface area contributed by atoms with Crippen LogP contribution in [-0.4, -0.2) is 17.0 Å². The van der Waals surface area contributed by atoms with Gasteiger partial charge in [-0.3, -0.25) is 4.79 Å². The number of halogens is 1. The number of amides is 1. The monoisotopic (exact) mass is 222 g/mol. The van der Waals surface area contributed by atoms with Gasteiger partial charge in [-0.25, -0.2) is 9.18 Å². The van der Waals surface area contributed by atoms with Crippen LogP contribution in [0.2, 0.25) is 0 Å². The number of hydrogen-bond acceptors (Lipinski definition) is 3. The van der Waals surface area contributed by atoms with E-state index >= 15 is 0 Å². The van der Waals surface area contributed by atoms with Crippen LogP contribution in [0.15, 0.2) is 18.2 Å². The number of aromatic carboxylic acids is 1. The lowest BCUT2D eigenvalue weighted by molar-refractivity contribution is -0.115. The molecule has 0 atom stereocenters. The first kappa shape index (κ1) is 11.7. The van der Waals surface area contributed by atoms with Gasteiger partial charge in [0.05, 0.1) is 17.3 Å². The van der Waals surface area contributed by atoms with Crippen LogP contribution in [0.5, 0.6) is 0 Å². The van der Waals surface area contributed by atoms with Gasteiger partial charge in [0.2, 0.25) is 5.91 Å². The Bertz CT molecular complexity index is 479. The van der Waals surface area contributed by atoms with E-state index in [1.807, 2.05) is 0 Å². The van der Waals surface area contributed by atoms with E-state index in [2.05, 4.69) is 5.32 Å². The van der Waals surface area contributed by atoms with Gasteiger partial charge in [0.15, 0.2) is 0 Å². The third-order valence-electron chi connectivity index (χ3n) is 1.73. The number of nitrogens with zero attached hydrogens (tertiary/aromatic N) is 1. The fraction of sp³-hybridized carbons (Fsp3) is 0.100. The van der Waals surface area contributed by atoms with Crippen molar-refractivity contribution in [2.24, 2.45) is 0 Å². The number of nitriles is 1. The number of hydrogen-bond donors (Lipinski definition) is 2. The zero-order valence-corrected chi connectivity index (χ0v) is 8.03. The van der Waals surface area contributed by atoms with Crippen molar-refractivity contribution in [2.45, 2.75) is 6.42 Å². The van der Waals surface area contributed by atoms with E-state index < -0.39 is 24.1 Å². The van der Waals surface area contributed by atoms with Gasteiger partial charge in [-0.2, -0.15) is 5.26 Å².